The number of nitrogens with zero attached hydrogens (tertiary/aromatic N) is 1. The van der Waals surface area contributed by atoms with Gasteiger partial charge in [-0.05, 0) is 6.42 Å². The van der Waals surface area contributed by atoms with Crippen LogP contribution in [0.1, 0.15) is 6.42 Å². The molecule has 0 aromatic rings. The topological polar surface area (TPSA) is 31.2 Å². The maximum atomic E-state index is 9.85. The van der Waals surface area contributed by atoms with Gasteiger partial charge in [0.25, 0.3) is 0 Å². The van der Waals surface area contributed by atoms with Crippen molar-refractivity contribution in [2.45, 2.75) is 6.42 Å². The maximum absolute atomic E-state index is 9.85. The molecule has 1 rings (SSSR count). The summed E-state index contributed by atoms with van der Waals surface area (Å²) in [5, 5.41) is 3.85. The maximum Gasteiger partial charge on any atom is 0.167 e. The summed E-state index contributed by atoms with van der Waals surface area (Å²) in [6.45, 7) is 0.800. The van der Waals surface area contributed by atoms with Crippen LogP contribution < -0.4 is 5.32 Å². The van der Waals surface area contributed by atoms with Crippen LogP contribution in [0.15, 0.2) is 11.8 Å². The van der Waals surface area contributed by atoms with E-state index in [1.165, 1.54) is 0 Å². The molecule has 7 heavy (non-hydrogen) atoms. The minimum Gasteiger partial charge on any atom is -0.296 e. The molecule has 0 amide bonds. The molecule has 1 aliphatic rings. The molecule has 0 bridgehead atoms. The Hall–Kier alpha value is -0.790. The highest BCUT2D eigenvalue weighted by Gasteiger charge is 2.00. The van der Waals surface area contributed by atoms with Crippen LogP contribution in [0.4, 0.5) is 0 Å². The largest absolute Gasteiger partial charge is 0.296 e. The quantitative estimate of drug-likeness (QED) is 0.425. The van der Waals surface area contributed by atoms with Gasteiger partial charge in [0.1, 0.15) is 0 Å². The monoisotopic (exact) mass is 96.0 g/mol. The van der Waals surface area contributed by atoms with Crippen LogP contribution in [0.25, 0.3) is 0 Å². The molecule has 0 saturated carbocycles. The van der Waals surface area contributed by atoms with Crippen molar-refractivity contribution in [2.75, 3.05) is 6.54 Å². The average molecular weight is 96.1 g/mol. The first-order valence-electron chi connectivity index (χ1n) is 2.26. The lowest BCUT2D eigenvalue weighted by atomic mass is 10.4. The molecule has 2 nitrogen and oxygen atoms in total. The number of rotatable bonds is 1. The molecule has 0 aliphatic carbocycles. The van der Waals surface area contributed by atoms with Crippen LogP contribution in [0.3, 0.4) is 0 Å². The highest BCUT2D eigenvalue weighted by Crippen LogP contribution is 1.97. The van der Waals surface area contributed by atoms with E-state index in [-0.39, 0.29) is 0 Å². The van der Waals surface area contributed by atoms with Gasteiger partial charge in [0.2, 0.25) is 0 Å². The fraction of sp³-hybridized carbons (Fsp3) is 0.400. The summed E-state index contributed by atoms with van der Waals surface area (Å²) >= 11 is 0. The normalized spacial score (nSPS) is 18.0. The van der Waals surface area contributed by atoms with E-state index >= 15 is 0 Å². The fourth-order valence-corrected chi connectivity index (χ4v) is 0.556. The van der Waals surface area contributed by atoms with Gasteiger partial charge in [-0.25, -0.2) is 0 Å². The molecule has 0 aromatic heterocycles. The highest BCUT2D eigenvalue weighted by molar-refractivity contribution is 5.72. The summed E-state index contributed by atoms with van der Waals surface area (Å²) in [5.74, 6) is 0. The first-order valence-corrected chi connectivity index (χ1v) is 2.26. The van der Waals surface area contributed by atoms with E-state index < -0.39 is 0 Å². The average Bonchev–Trinajstić information content (AvgIpc) is 2.14. The molecule has 0 unspecified atom stereocenters. The lowest BCUT2D eigenvalue weighted by molar-refractivity contribution is -0.105. The highest BCUT2D eigenvalue weighted by atomic mass is 16.1. The molecular formula is C5H6NO. The van der Waals surface area contributed by atoms with Gasteiger partial charge in [-0.15, -0.1) is 0 Å². The minimum atomic E-state index is 0.611. The van der Waals surface area contributed by atoms with Crippen LogP contribution in [-0.2, 0) is 4.79 Å². The number of hydrogen-bond donors (Lipinski definition) is 0. The van der Waals surface area contributed by atoms with Crippen molar-refractivity contribution in [3.8, 4) is 0 Å². The second kappa shape index (κ2) is 1.78. The van der Waals surface area contributed by atoms with Crippen LogP contribution in [0.5, 0.6) is 0 Å². The first kappa shape index (κ1) is 4.37. The third kappa shape index (κ3) is 0.796. The third-order valence-corrected chi connectivity index (χ3v) is 0.898. The van der Waals surface area contributed by atoms with Gasteiger partial charge in [-0.3, -0.25) is 10.1 Å². The predicted octanol–water partition coefficient (Wildman–Crippen LogP) is 0.0773. The molecular weight excluding hydrogens is 90.1 g/mol. The van der Waals surface area contributed by atoms with E-state index in [1.807, 2.05) is 6.08 Å². The van der Waals surface area contributed by atoms with Gasteiger partial charge < -0.3 is 0 Å². The van der Waals surface area contributed by atoms with Crippen molar-refractivity contribution in [1.29, 1.82) is 0 Å². The number of allylic oxidation sites excluding steroid dienone is 1. The van der Waals surface area contributed by atoms with E-state index in [9.17, 15) is 4.79 Å². The van der Waals surface area contributed by atoms with Crippen molar-refractivity contribution in [3.05, 3.63) is 11.8 Å². The predicted molar refractivity (Wildman–Crippen MR) is 25.8 cm³/mol. The minimum absolute atomic E-state index is 0.611. The molecule has 37 valence electrons. The zero-order valence-corrected chi connectivity index (χ0v) is 3.92. The van der Waals surface area contributed by atoms with E-state index in [1.54, 1.807) is 0 Å². The lowest BCUT2D eigenvalue weighted by Crippen LogP contribution is -1.97. The zero-order chi connectivity index (χ0) is 5.11. The van der Waals surface area contributed by atoms with E-state index in [0.29, 0.717) is 5.70 Å². The van der Waals surface area contributed by atoms with Crippen molar-refractivity contribution < 1.29 is 4.79 Å². The summed E-state index contributed by atoms with van der Waals surface area (Å²) in [5.41, 5.74) is 0.611. The number of aldehydes is 1. The standard InChI is InChI=1S/C5H6NO/c7-4-5-2-1-3-6-5/h2,4H,1,3H2. The van der Waals surface area contributed by atoms with Gasteiger partial charge in [-0.2, -0.15) is 0 Å². The third-order valence-electron chi connectivity index (χ3n) is 0.898. The van der Waals surface area contributed by atoms with Gasteiger partial charge in [-0.1, -0.05) is 6.08 Å². The Morgan fingerprint density at radius 1 is 1.86 bits per heavy atom. The van der Waals surface area contributed by atoms with Gasteiger partial charge in [0.15, 0.2) is 6.29 Å². The molecule has 1 heterocycles. The summed E-state index contributed by atoms with van der Waals surface area (Å²) in [4.78, 5) is 9.85. The van der Waals surface area contributed by atoms with E-state index in [2.05, 4.69) is 5.32 Å². The first-order chi connectivity index (χ1) is 3.43. The van der Waals surface area contributed by atoms with Gasteiger partial charge in [0, 0.05) is 6.54 Å². The van der Waals surface area contributed by atoms with E-state index in [0.717, 1.165) is 19.3 Å². The molecule has 0 aromatic carbocycles. The summed E-state index contributed by atoms with van der Waals surface area (Å²) in [7, 11) is 0. The Morgan fingerprint density at radius 3 is 3.00 bits per heavy atom. The molecule has 1 aliphatic heterocycles. The second-order valence-corrected chi connectivity index (χ2v) is 1.42. The zero-order valence-electron chi connectivity index (χ0n) is 3.92. The van der Waals surface area contributed by atoms with Crippen LogP contribution in [0.2, 0.25) is 0 Å². The molecule has 0 fully saturated rings. The Labute approximate surface area is 42.2 Å². The van der Waals surface area contributed by atoms with Gasteiger partial charge >= 0.3 is 0 Å². The van der Waals surface area contributed by atoms with Crippen molar-refractivity contribution in [2.24, 2.45) is 0 Å². The Kier molecular flexibility index (Phi) is 1.11. The Morgan fingerprint density at radius 2 is 2.71 bits per heavy atom. The van der Waals surface area contributed by atoms with Crippen molar-refractivity contribution >= 4 is 6.29 Å². The molecule has 0 spiro atoms. The molecule has 0 N–H and O–H groups in total. The summed E-state index contributed by atoms with van der Waals surface area (Å²) < 4.78 is 0. The summed E-state index contributed by atoms with van der Waals surface area (Å²) in [6.07, 6.45) is 3.56. The SMILES string of the molecule is O=CC1=CCC[N]1. The number of carbonyl (C=O) groups excluding carboxylic acids is 1. The number of carbonyl (C=O) groups is 1. The van der Waals surface area contributed by atoms with Crippen molar-refractivity contribution in [3.63, 3.8) is 0 Å². The summed E-state index contributed by atoms with van der Waals surface area (Å²) in [6, 6.07) is 0. The Bertz CT molecular complexity index is 107. The molecule has 2 heteroatoms. The van der Waals surface area contributed by atoms with Crippen LogP contribution in [0, 0.1) is 0 Å². The van der Waals surface area contributed by atoms with Crippen LogP contribution in [-0.4, -0.2) is 12.8 Å². The second-order valence-electron chi connectivity index (χ2n) is 1.42. The lowest BCUT2D eigenvalue weighted by Gasteiger charge is -1.82. The Balaban J connectivity index is 2.51. The van der Waals surface area contributed by atoms with Crippen molar-refractivity contribution in [1.82, 2.24) is 5.32 Å². The van der Waals surface area contributed by atoms with Gasteiger partial charge in [0.05, 0.1) is 5.70 Å². The smallest absolute Gasteiger partial charge is 0.167 e. The van der Waals surface area contributed by atoms with E-state index in [4.69, 9.17) is 0 Å². The molecule has 0 atom stereocenters. The van der Waals surface area contributed by atoms with Crippen LogP contribution >= 0.6 is 0 Å². The fourth-order valence-electron chi connectivity index (χ4n) is 0.556. The molecule has 0 saturated heterocycles. The number of hydrogen-bond acceptors (Lipinski definition) is 1. The molecule has 1 radical (unpaired) electrons.